The lowest BCUT2D eigenvalue weighted by Crippen LogP contribution is -2.06. The van der Waals surface area contributed by atoms with E-state index in [1.807, 2.05) is 0 Å². The van der Waals surface area contributed by atoms with Crippen LogP contribution in [-0.4, -0.2) is 34.1 Å². The van der Waals surface area contributed by atoms with Crippen molar-refractivity contribution in [3.63, 3.8) is 0 Å². The Morgan fingerprint density at radius 1 is 1.50 bits per heavy atom. The summed E-state index contributed by atoms with van der Waals surface area (Å²) in [4.78, 5) is 26.0. The standard InChI is InChI=1S/C11H8BrN3O3/c1-18-11(17)10-13-6-15(14-10)9-3-2-8(12)4-7(9)5-16/h2-6H,1H3. The van der Waals surface area contributed by atoms with Gasteiger partial charge in [-0.05, 0) is 18.2 Å². The topological polar surface area (TPSA) is 74.1 Å². The summed E-state index contributed by atoms with van der Waals surface area (Å²) in [5, 5.41) is 3.95. The predicted molar refractivity (Wildman–Crippen MR) is 65.8 cm³/mol. The van der Waals surface area contributed by atoms with E-state index in [1.54, 1.807) is 18.2 Å². The molecule has 0 unspecified atom stereocenters. The zero-order valence-electron chi connectivity index (χ0n) is 9.33. The second-order valence-electron chi connectivity index (χ2n) is 3.33. The van der Waals surface area contributed by atoms with Crippen LogP contribution in [0.5, 0.6) is 0 Å². The molecule has 0 amide bonds. The molecular formula is C11H8BrN3O3. The first-order valence-electron chi connectivity index (χ1n) is 4.91. The van der Waals surface area contributed by atoms with Crippen LogP contribution in [0.25, 0.3) is 5.69 Å². The molecule has 0 fully saturated rings. The minimum absolute atomic E-state index is 0.0581. The lowest BCUT2D eigenvalue weighted by atomic mass is 10.2. The third-order valence-corrected chi connectivity index (χ3v) is 2.72. The van der Waals surface area contributed by atoms with Gasteiger partial charge in [-0.15, -0.1) is 5.10 Å². The van der Waals surface area contributed by atoms with Crippen LogP contribution in [0.1, 0.15) is 21.0 Å². The first-order chi connectivity index (χ1) is 8.65. The van der Waals surface area contributed by atoms with Crippen molar-refractivity contribution in [3.05, 3.63) is 40.4 Å². The fourth-order valence-electron chi connectivity index (χ4n) is 1.39. The smallest absolute Gasteiger partial charge is 0.377 e. The maximum Gasteiger partial charge on any atom is 0.377 e. The summed E-state index contributed by atoms with van der Waals surface area (Å²) in [5.74, 6) is -0.684. The maximum atomic E-state index is 11.2. The number of carbonyl (C=O) groups excluding carboxylic acids is 2. The molecule has 0 saturated carbocycles. The predicted octanol–water partition coefficient (Wildman–Crippen LogP) is 1.63. The van der Waals surface area contributed by atoms with Crippen molar-refractivity contribution >= 4 is 28.2 Å². The van der Waals surface area contributed by atoms with E-state index in [0.29, 0.717) is 17.5 Å². The molecule has 0 aliphatic carbocycles. The molecule has 2 rings (SSSR count). The number of methoxy groups -OCH3 is 1. The molecule has 6 nitrogen and oxygen atoms in total. The molecule has 1 aromatic heterocycles. The number of ether oxygens (including phenoxy) is 1. The van der Waals surface area contributed by atoms with Crippen LogP contribution in [0.4, 0.5) is 0 Å². The SMILES string of the molecule is COC(=O)c1ncn(-c2ccc(Br)cc2C=O)n1. The van der Waals surface area contributed by atoms with Gasteiger partial charge in [0.15, 0.2) is 6.29 Å². The molecule has 92 valence electrons. The Balaban J connectivity index is 2.46. The van der Waals surface area contributed by atoms with Crippen molar-refractivity contribution in [3.8, 4) is 5.69 Å². The Kier molecular flexibility index (Phi) is 3.52. The van der Waals surface area contributed by atoms with E-state index in [0.717, 1.165) is 4.47 Å². The number of rotatable bonds is 3. The number of carbonyl (C=O) groups is 2. The number of hydrogen-bond acceptors (Lipinski definition) is 5. The molecule has 18 heavy (non-hydrogen) atoms. The van der Waals surface area contributed by atoms with E-state index < -0.39 is 5.97 Å². The van der Waals surface area contributed by atoms with Gasteiger partial charge < -0.3 is 4.74 Å². The van der Waals surface area contributed by atoms with Crippen LogP contribution in [0.15, 0.2) is 29.0 Å². The molecule has 0 spiro atoms. The van der Waals surface area contributed by atoms with Gasteiger partial charge in [0, 0.05) is 10.0 Å². The molecule has 2 aromatic rings. The van der Waals surface area contributed by atoms with Gasteiger partial charge in [0.25, 0.3) is 5.82 Å². The number of aldehydes is 1. The number of benzene rings is 1. The van der Waals surface area contributed by atoms with Crippen LogP contribution in [0.3, 0.4) is 0 Å². The largest absolute Gasteiger partial charge is 0.463 e. The van der Waals surface area contributed by atoms with E-state index in [9.17, 15) is 9.59 Å². The van der Waals surface area contributed by atoms with Crippen LogP contribution in [-0.2, 0) is 4.74 Å². The van der Waals surface area contributed by atoms with Crippen LogP contribution < -0.4 is 0 Å². The first-order valence-corrected chi connectivity index (χ1v) is 5.70. The van der Waals surface area contributed by atoms with Crippen molar-refractivity contribution in [2.75, 3.05) is 7.11 Å². The molecule has 0 bridgehead atoms. The summed E-state index contributed by atoms with van der Waals surface area (Å²) in [6.07, 6.45) is 2.06. The fourth-order valence-corrected chi connectivity index (χ4v) is 1.77. The third-order valence-electron chi connectivity index (χ3n) is 2.22. The van der Waals surface area contributed by atoms with Gasteiger partial charge in [-0.1, -0.05) is 15.9 Å². The average molecular weight is 310 g/mol. The molecule has 0 N–H and O–H groups in total. The number of halogens is 1. The zero-order chi connectivity index (χ0) is 13.1. The highest BCUT2D eigenvalue weighted by atomic mass is 79.9. The number of aromatic nitrogens is 3. The van der Waals surface area contributed by atoms with Crippen LogP contribution >= 0.6 is 15.9 Å². The van der Waals surface area contributed by atoms with Gasteiger partial charge in [-0.2, -0.15) is 0 Å². The lowest BCUT2D eigenvalue weighted by Gasteiger charge is -2.03. The second kappa shape index (κ2) is 5.09. The van der Waals surface area contributed by atoms with Crippen molar-refractivity contribution in [2.45, 2.75) is 0 Å². The Labute approximate surface area is 111 Å². The van der Waals surface area contributed by atoms with E-state index >= 15 is 0 Å². The molecule has 7 heteroatoms. The third kappa shape index (κ3) is 2.30. The number of esters is 1. The van der Waals surface area contributed by atoms with E-state index in [4.69, 9.17) is 0 Å². The monoisotopic (exact) mass is 309 g/mol. The van der Waals surface area contributed by atoms with Gasteiger partial charge >= 0.3 is 5.97 Å². The van der Waals surface area contributed by atoms with Gasteiger partial charge in [0.2, 0.25) is 0 Å². The van der Waals surface area contributed by atoms with Crippen LogP contribution in [0, 0.1) is 0 Å². The molecule has 0 aliphatic rings. The Bertz CT molecular complexity index is 609. The fraction of sp³-hybridized carbons (Fsp3) is 0.0909. The molecule has 0 radical (unpaired) electrons. The average Bonchev–Trinajstić information content (AvgIpc) is 2.87. The summed E-state index contributed by atoms with van der Waals surface area (Å²) < 4.78 is 6.64. The summed E-state index contributed by atoms with van der Waals surface area (Å²) >= 11 is 3.27. The number of hydrogen-bond donors (Lipinski definition) is 0. The Morgan fingerprint density at radius 3 is 2.94 bits per heavy atom. The zero-order valence-corrected chi connectivity index (χ0v) is 10.9. The summed E-state index contributed by atoms with van der Waals surface area (Å²) in [6.45, 7) is 0. The second-order valence-corrected chi connectivity index (χ2v) is 4.24. The Hall–Kier alpha value is -2.02. The van der Waals surface area contributed by atoms with E-state index in [-0.39, 0.29) is 5.82 Å². The summed E-state index contributed by atoms with van der Waals surface area (Å²) in [6, 6.07) is 5.12. The van der Waals surface area contributed by atoms with E-state index in [1.165, 1.54) is 18.1 Å². The van der Waals surface area contributed by atoms with Gasteiger partial charge in [0.05, 0.1) is 12.8 Å². The summed E-state index contributed by atoms with van der Waals surface area (Å²) in [7, 11) is 1.25. The molecule has 0 atom stereocenters. The molecule has 0 saturated heterocycles. The van der Waals surface area contributed by atoms with Crippen molar-refractivity contribution < 1.29 is 14.3 Å². The highest BCUT2D eigenvalue weighted by molar-refractivity contribution is 9.10. The van der Waals surface area contributed by atoms with Gasteiger partial charge in [-0.25, -0.2) is 14.5 Å². The molecule has 1 aromatic carbocycles. The lowest BCUT2D eigenvalue weighted by molar-refractivity contribution is 0.0587. The van der Waals surface area contributed by atoms with Crippen molar-refractivity contribution in [2.24, 2.45) is 0 Å². The molecule has 0 aliphatic heterocycles. The summed E-state index contributed by atoms with van der Waals surface area (Å²) in [5.41, 5.74) is 0.974. The highest BCUT2D eigenvalue weighted by Gasteiger charge is 2.13. The van der Waals surface area contributed by atoms with E-state index in [2.05, 4.69) is 30.7 Å². The maximum absolute atomic E-state index is 11.2. The van der Waals surface area contributed by atoms with Crippen molar-refractivity contribution in [1.29, 1.82) is 0 Å². The van der Waals surface area contributed by atoms with Gasteiger partial charge in [-0.3, -0.25) is 4.79 Å². The highest BCUT2D eigenvalue weighted by Crippen LogP contribution is 2.18. The number of nitrogens with zero attached hydrogens (tertiary/aromatic N) is 3. The minimum atomic E-state index is -0.626. The van der Waals surface area contributed by atoms with Crippen LogP contribution in [0.2, 0.25) is 0 Å². The van der Waals surface area contributed by atoms with Crippen molar-refractivity contribution in [1.82, 2.24) is 14.8 Å². The quantitative estimate of drug-likeness (QED) is 0.636. The molecule has 1 heterocycles. The van der Waals surface area contributed by atoms with Gasteiger partial charge in [0.1, 0.15) is 6.33 Å². The normalized spacial score (nSPS) is 10.1. The Morgan fingerprint density at radius 2 is 2.28 bits per heavy atom. The first kappa shape index (κ1) is 12.4. The molecular weight excluding hydrogens is 302 g/mol. The minimum Gasteiger partial charge on any atom is -0.463 e.